The Labute approximate surface area is 157 Å². The molecule has 0 unspecified atom stereocenters. The Bertz CT molecular complexity index is 645. The standard InChI is InChI=1S/C21H34N2O3/c1-4-10-17(11-5-2)21(25)26-15-9-7-12-18-16(3)22-19-13-6-8-14-23(19)20(18)24/h17H,4-15H2,1-3H3. The molecule has 2 heterocycles. The molecule has 0 aliphatic carbocycles. The molecule has 0 atom stereocenters. The van der Waals surface area contributed by atoms with Crippen molar-refractivity contribution in [1.29, 1.82) is 0 Å². The number of carbonyl (C=O) groups excluding carboxylic acids is 1. The summed E-state index contributed by atoms with van der Waals surface area (Å²) in [6.45, 7) is 7.38. The lowest BCUT2D eigenvalue weighted by molar-refractivity contribution is -0.149. The molecule has 1 aromatic heterocycles. The summed E-state index contributed by atoms with van der Waals surface area (Å²) in [6.07, 6.45) is 9.26. The minimum Gasteiger partial charge on any atom is -0.465 e. The van der Waals surface area contributed by atoms with Crippen LogP contribution in [0, 0.1) is 12.8 Å². The molecule has 1 aliphatic heterocycles. The maximum atomic E-state index is 12.7. The van der Waals surface area contributed by atoms with Crippen LogP contribution in [-0.4, -0.2) is 22.1 Å². The first-order valence-electron chi connectivity index (χ1n) is 10.3. The number of hydrogen-bond donors (Lipinski definition) is 0. The smallest absolute Gasteiger partial charge is 0.308 e. The van der Waals surface area contributed by atoms with Gasteiger partial charge in [0.2, 0.25) is 0 Å². The van der Waals surface area contributed by atoms with Crippen molar-refractivity contribution in [1.82, 2.24) is 9.55 Å². The highest BCUT2D eigenvalue weighted by Gasteiger charge is 2.18. The van der Waals surface area contributed by atoms with E-state index in [-0.39, 0.29) is 17.4 Å². The Morgan fingerprint density at radius 3 is 2.62 bits per heavy atom. The van der Waals surface area contributed by atoms with Crippen LogP contribution in [0.25, 0.3) is 0 Å². The number of rotatable bonds is 10. The zero-order chi connectivity index (χ0) is 18.9. The van der Waals surface area contributed by atoms with Crippen molar-refractivity contribution in [2.75, 3.05) is 6.61 Å². The summed E-state index contributed by atoms with van der Waals surface area (Å²) < 4.78 is 7.31. The van der Waals surface area contributed by atoms with Crippen LogP contribution in [0.1, 0.15) is 82.3 Å². The highest BCUT2D eigenvalue weighted by atomic mass is 16.5. The van der Waals surface area contributed by atoms with Gasteiger partial charge in [0.1, 0.15) is 5.82 Å². The highest BCUT2D eigenvalue weighted by Crippen LogP contribution is 2.16. The molecule has 1 aliphatic rings. The van der Waals surface area contributed by atoms with Crippen LogP contribution in [0.5, 0.6) is 0 Å². The van der Waals surface area contributed by atoms with E-state index in [1.807, 2.05) is 11.5 Å². The van der Waals surface area contributed by atoms with Gasteiger partial charge in [-0.3, -0.25) is 14.2 Å². The summed E-state index contributed by atoms with van der Waals surface area (Å²) in [5.74, 6) is 0.927. The molecule has 0 radical (unpaired) electrons. The number of esters is 1. The number of nitrogens with zero attached hydrogens (tertiary/aromatic N) is 2. The first kappa shape index (κ1) is 20.7. The third kappa shape index (κ3) is 5.42. The molecule has 0 saturated heterocycles. The van der Waals surface area contributed by atoms with Crippen LogP contribution in [0.2, 0.25) is 0 Å². The number of fused-ring (bicyclic) bond motifs is 1. The lowest BCUT2D eigenvalue weighted by atomic mass is 9.99. The van der Waals surface area contributed by atoms with Gasteiger partial charge < -0.3 is 4.74 Å². The minimum absolute atomic E-state index is 0.0433. The molecule has 0 aromatic carbocycles. The SMILES string of the molecule is CCCC(CCC)C(=O)OCCCCc1c(C)nc2n(c1=O)CCCC2. The van der Waals surface area contributed by atoms with Crippen LogP contribution in [-0.2, 0) is 28.9 Å². The van der Waals surface area contributed by atoms with Crippen molar-refractivity contribution in [2.24, 2.45) is 5.92 Å². The average Bonchev–Trinajstić information content (AvgIpc) is 2.63. The van der Waals surface area contributed by atoms with Crippen LogP contribution >= 0.6 is 0 Å². The molecule has 0 fully saturated rings. The fourth-order valence-electron chi connectivity index (χ4n) is 3.79. The monoisotopic (exact) mass is 362 g/mol. The molecule has 2 rings (SSSR count). The topological polar surface area (TPSA) is 61.2 Å². The molecule has 1 aromatic rings. The number of ether oxygens (including phenoxy) is 1. The second-order valence-corrected chi connectivity index (χ2v) is 7.40. The second kappa shape index (κ2) is 10.5. The number of aryl methyl sites for hydroxylation is 2. The molecule has 0 bridgehead atoms. The molecule has 146 valence electrons. The number of unbranched alkanes of at least 4 members (excludes halogenated alkanes) is 1. The van der Waals surface area contributed by atoms with Gasteiger partial charge in [0, 0.05) is 24.2 Å². The Balaban J connectivity index is 1.81. The molecule has 0 saturated carbocycles. The normalized spacial score (nSPS) is 13.7. The predicted octanol–water partition coefficient (Wildman–Crippen LogP) is 3.97. The van der Waals surface area contributed by atoms with Crippen molar-refractivity contribution in [2.45, 2.75) is 91.5 Å². The van der Waals surface area contributed by atoms with E-state index in [4.69, 9.17) is 4.74 Å². The summed E-state index contributed by atoms with van der Waals surface area (Å²) in [6, 6.07) is 0. The number of aromatic nitrogens is 2. The Morgan fingerprint density at radius 2 is 1.92 bits per heavy atom. The van der Waals surface area contributed by atoms with E-state index in [2.05, 4.69) is 18.8 Å². The van der Waals surface area contributed by atoms with Crippen molar-refractivity contribution in [3.8, 4) is 0 Å². The first-order valence-corrected chi connectivity index (χ1v) is 10.3. The summed E-state index contributed by atoms with van der Waals surface area (Å²) >= 11 is 0. The van der Waals surface area contributed by atoms with Gasteiger partial charge in [-0.1, -0.05) is 26.7 Å². The van der Waals surface area contributed by atoms with E-state index in [1.54, 1.807) is 0 Å². The van der Waals surface area contributed by atoms with E-state index in [0.29, 0.717) is 13.0 Å². The average molecular weight is 363 g/mol. The molecule has 0 spiro atoms. The molecule has 0 amide bonds. The summed E-state index contributed by atoms with van der Waals surface area (Å²) in [4.78, 5) is 29.5. The summed E-state index contributed by atoms with van der Waals surface area (Å²) in [5.41, 5.74) is 1.83. The lowest BCUT2D eigenvalue weighted by Crippen LogP contribution is -2.32. The number of carbonyl (C=O) groups is 1. The third-order valence-corrected chi connectivity index (χ3v) is 5.25. The van der Waals surface area contributed by atoms with Crippen molar-refractivity contribution in [3.63, 3.8) is 0 Å². The van der Waals surface area contributed by atoms with Gasteiger partial charge in [0.05, 0.1) is 12.5 Å². The predicted molar refractivity (Wildman–Crippen MR) is 103 cm³/mol. The second-order valence-electron chi connectivity index (χ2n) is 7.40. The van der Waals surface area contributed by atoms with Gasteiger partial charge >= 0.3 is 5.97 Å². The molecule has 0 N–H and O–H groups in total. The van der Waals surface area contributed by atoms with Crippen molar-refractivity contribution in [3.05, 3.63) is 27.4 Å². The number of hydrogen-bond acceptors (Lipinski definition) is 4. The van der Waals surface area contributed by atoms with E-state index in [9.17, 15) is 9.59 Å². The Morgan fingerprint density at radius 1 is 1.19 bits per heavy atom. The van der Waals surface area contributed by atoms with E-state index in [0.717, 1.165) is 81.4 Å². The largest absolute Gasteiger partial charge is 0.465 e. The van der Waals surface area contributed by atoms with Gasteiger partial charge in [0.25, 0.3) is 5.56 Å². The van der Waals surface area contributed by atoms with Crippen LogP contribution in [0.4, 0.5) is 0 Å². The first-order chi connectivity index (χ1) is 12.6. The van der Waals surface area contributed by atoms with E-state index >= 15 is 0 Å². The fourth-order valence-corrected chi connectivity index (χ4v) is 3.79. The molecule has 5 nitrogen and oxygen atoms in total. The minimum atomic E-state index is -0.0552. The van der Waals surface area contributed by atoms with Gasteiger partial charge in [-0.2, -0.15) is 0 Å². The molecular weight excluding hydrogens is 328 g/mol. The maximum absolute atomic E-state index is 12.7. The van der Waals surface area contributed by atoms with Crippen molar-refractivity contribution < 1.29 is 9.53 Å². The Kier molecular flexibility index (Phi) is 8.33. The highest BCUT2D eigenvalue weighted by molar-refractivity contribution is 5.72. The zero-order valence-electron chi connectivity index (χ0n) is 16.7. The van der Waals surface area contributed by atoms with Crippen molar-refractivity contribution >= 4 is 5.97 Å². The zero-order valence-corrected chi connectivity index (χ0v) is 16.7. The maximum Gasteiger partial charge on any atom is 0.308 e. The Hall–Kier alpha value is -1.65. The molecule has 26 heavy (non-hydrogen) atoms. The van der Waals surface area contributed by atoms with Gasteiger partial charge in [-0.05, 0) is 51.9 Å². The summed E-state index contributed by atoms with van der Waals surface area (Å²) in [5, 5.41) is 0. The van der Waals surface area contributed by atoms with Gasteiger partial charge in [0.15, 0.2) is 0 Å². The van der Waals surface area contributed by atoms with E-state index < -0.39 is 0 Å². The lowest BCUT2D eigenvalue weighted by Gasteiger charge is -2.19. The quantitative estimate of drug-likeness (QED) is 0.467. The van der Waals surface area contributed by atoms with Crippen LogP contribution < -0.4 is 5.56 Å². The van der Waals surface area contributed by atoms with Gasteiger partial charge in [-0.15, -0.1) is 0 Å². The van der Waals surface area contributed by atoms with Crippen LogP contribution in [0.3, 0.4) is 0 Å². The van der Waals surface area contributed by atoms with E-state index in [1.165, 1.54) is 0 Å². The fraction of sp³-hybridized carbons (Fsp3) is 0.762. The molecular formula is C21H34N2O3. The van der Waals surface area contributed by atoms with Gasteiger partial charge in [-0.25, -0.2) is 4.98 Å². The molecule has 5 heteroatoms. The van der Waals surface area contributed by atoms with Crippen LogP contribution in [0.15, 0.2) is 4.79 Å². The summed E-state index contributed by atoms with van der Waals surface area (Å²) in [7, 11) is 0. The third-order valence-electron chi connectivity index (χ3n) is 5.25.